The number of para-hydroxylation sites is 2. The number of rotatable bonds is 3. The van der Waals surface area contributed by atoms with Gasteiger partial charge < -0.3 is 14.0 Å². The lowest BCUT2D eigenvalue weighted by Gasteiger charge is -2.36. The molecule has 1 aliphatic rings. The molecule has 0 saturated heterocycles. The Balaban J connectivity index is 2.02. The molecule has 0 fully saturated rings. The molecule has 3 rings (SSSR count). The molecule has 1 atom stereocenters. The smallest absolute Gasteiger partial charge is 0.310 e. The number of hydrogen-bond donors (Lipinski definition) is 0. The minimum atomic E-state index is -0.704. The van der Waals surface area contributed by atoms with Gasteiger partial charge in [-0.3, -0.25) is 4.79 Å². The Hall–Kier alpha value is -2.23. The molecular formula is C16H17NO3. The molecule has 1 aliphatic heterocycles. The maximum atomic E-state index is 11.8. The van der Waals surface area contributed by atoms with Crippen molar-refractivity contribution in [1.29, 1.82) is 0 Å². The first-order chi connectivity index (χ1) is 9.64. The van der Waals surface area contributed by atoms with Crippen LogP contribution in [0.2, 0.25) is 0 Å². The van der Waals surface area contributed by atoms with Gasteiger partial charge >= 0.3 is 5.97 Å². The molecule has 0 spiro atoms. The van der Waals surface area contributed by atoms with Crippen LogP contribution in [-0.2, 0) is 15.1 Å². The van der Waals surface area contributed by atoms with Crippen molar-refractivity contribution in [3.8, 4) is 11.4 Å². The van der Waals surface area contributed by atoms with Crippen LogP contribution >= 0.6 is 0 Å². The van der Waals surface area contributed by atoms with Crippen molar-refractivity contribution in [3.63, 3.8) is 0 Å². The van der Waals surface area contributed by atoms with Gasteiger partial charge in [-0.2, -0.15) is 0 Å². The molecule has 0 bridgehead atoms. The SMILES string of the molecule is CCOC(=O)CC1(C)Oc2ccccc2-n2cccc21. The summed E-state index contributed by atoms with van der Waals surface area (Å²) in [6.45, 7) is 4.11. The summed E-state index contributed by atoms with van der Waals surface area (Å²) in [6, 6.07) is 11.8. The molecule has 0 saturated carbocycles. The average molecular weight is 271 g/mol. The molecule has 4 nitrogen and oxygen atoms in total. The van der Waals surface area contributed by atoms with Gasteiger partial charge in [0.05, 0.1) is 24.4 Å². The lowest BCUT2D eigenvalue weighted by Crippen LogP contribution is -2.38. The second kappa shape index (κ2) is 4.71. The minimum absolute atomic E-state index is 0.194. The molecule has 2 heterocycles. The fourth-order valence-electron chi connectivity index (χ4n) is 2.67. The molecule has 2 aromatic rings. The number of hydrogen-bond acceptors (Lipinski definition) is 3. The number of ether oxygens (including phenoxy) is 2. The number of aromatic nitrogens is 1. The van der Waals surface area contributed by atoms with Crippen LogP contribution in [-0.4, -0.2) is 17.1 Å². The first-order valence-electron chi connectivity index (χ1n) is 6.76. The second-order valence-electron chi connectivity index (χ2n) is 5.05. The van der Waals surface area contributed by atoms with E-state index in [-0.39, 0.29) is 12.4 Å². The number of fused-ring (bicyclic) bond motifs is 3. The molecule has 1 aromatic carbocycles. The second-order valence-corrected chi connectivity index (χ2v) is 5.05. The van der Waals surface area contributed by atoms with E-state index in [1.54, 1.807) is 6.92 Å². The summed E-state index contributed by atoms with van der Waals surface area (Å²) in [4.78, 5) is 11.8. The Morgan fingerprint density at radius 3 is 2.90 bits per heavy atom. The summed E-state index contributed by atoms with van der Waals surface area (Å²) in [5, 5.41) is 0. The number of carbonyl (C=O) groups is 1. The van der Waals surface area contributed by atoms with E-state index in [0.717, 1.165) is 17.1 Å². The summed E-state index contributed by atoms with van der Waals surface area (Å²) in [6.07, 6.45) is 2.18. The fourth-order valence-corrected chi connectivity index (χ4v) is 2.67. The van der Waals surface area contributed by atoms with Gasteiger partial charge in [0.25, 0.3) is 0 Å². The van der Waals surface area contributed by atoms with Gasteiger partial charge in [-0.1, -0.05) is 12.1 Å². The van der Waals surface area contributed by atoms with Gasteiger partial charge in [0.15, 0.2) is 5.60 Å². The van der Waals surface area contributed by atoms with Crippen molar-refractivity contribution in [2.75, 3.05) is 6.61 Å². The van der Waals surface area contributed by atoms with E-state index in [0.29, 0.717) is 6.61 Å². The lowest BCUT2D eigenvalue weighted by atomic mass is 9.95. The molecule has 1 aromatic heterocycles. The molecule has 20 heavy (non-hydrogen) atoms. The predicted molar refractivity (Wildman–Crippen MR) is 75.0 cm³/mol. The molecule has 0 amide bonds. The first kappa shape index (κ1) is 12.8. The average Bonchev–Trinajstić information content (AvgIpc) is 2.89. The van der Waals surface area contributed by atoms with Crippen LogP contribution in [0, 0.1) is 0 Å². The first-order valence-corrected chi connectivity index (χ1v) is 6.76. The van der Waals surface area contributed by atoms with Crippen LogP contribution in [0.25, 0.3) is 5.69 Å². The summed E-state index contributed by atoms with van der Waals surface area (Å²) in [5.41, 5.74) is 1.25. The Morgan fingerprint density at radius 2 is 2.10 bits per heavy atom. The van der Waals surface area contributed by atoms with Crippen molar-refractivity contribution in [2.24, 2.45) is 0 Å². The van der Waals surface area contributed by atoms with E-state index in [9.17, 15) is 4.79 Å². The minimum Gasteiger partial charge on any atom is -0.479 e. The Kier molecular flexibility index (Phi) is 3.01. The zero-order chi connectivity index (χ0) is 14.2. The van der Waals surface area contributed by atoms with E-state index in [1.807, 2.05) is 49.5 Å². The van der Waals surface area contributed by atoms with E-state index >= 15 is 0 Å². The maximum absolute atomic E-state index is 11.8. The van der Waals surface area contributed by atoms with Crippen molar-refractivity contribution >= 4 is 5.97 Å². The summed E-state index contributed by atoms with van der Waals surface area (Å²) >= 11 is 0. The number of carbonyl (C=O) groups excluding carboxylic acids is 1. The van der Waals surface area contributed by atoms with Gasteiger partial charge in [-0.05, 0) is 38.1 Å². The third kappa shape index (κ3) is 1.97. The van der Waals surface area contributed by atoms with Gasteiger partial charge in [0.2, 0.25) is 0 Å². The van der Waals surface area contributed by atoms with Gasteiger partial charge in [-0.25, -0.2) is 0 Å². The Morgan fingerprint density at radius 1 is 1.30 bits per heavy atom. The van der Waals surface area contributed by atoms with Crippen LogP contribution < -0.4 is 4.74 Å². The largest absolute Gasteiger partial charge is 0.479 e. The molecular weight excluding hydrogens is 254 g/mol. The van der Waals surface area contributed by atoms with Crippen molar-refractivity contribution in [1.82, 2.24) is 4.57 Å². The van der Waals surface area contributed by atoms with Crippen molar-refractivity contribution in [3.05, 3.63) is 48.3 Å². The summed E-state index contributed by atoms with van der Waals surface area (Å²) in [5.74, 6) is 0.533. The standard InChI is InChI=1S/C16H17NO3/c1-3-19-15(18)11-16(2)14-9-6-10-17(14)12-7-4-5-8-13(12)20-16/h4-10H,3,11H2,1-2H3. The summed E-state index contributed by atoms with van der Waals surface area (Å²) < 4.78 is 13.2. The van der Waals surface area contributed by atoms with Crippen LogP contribution in [0.3, 0.4) is 0 Å². The van der Waals surface area contributed by atoms with Crippen LogP contribution in [0.1, 0.15) is 26.0 Å². The molecule has 0 aliphatic carbocycles. The van der Waals surface area contributed by atoms with Gasteiger partial charge in [0.1, 0.15) is 5.75 Å². The maximum Gasteiger partial charge on any atom is 0.310 e. The zero-order valence-electron chi connectivity index (χ0n) is 11.6. The van der Waals surface area contributed by atoms with Crippen LogP contribution in [0.5, 0.6) is 5.75 Å². The van der Waals surface area contributed by atoms with Gasteiger partial charge in [0, 0.05) is 6.20 Å². The Bertz CT molecular complexity index is 647. The normalized spacial score (nSPS) is 19.7. The Labute approximate surface area is 117 Å². The highest BCUT2D eigenvalue weighted by atomic mass is 16.5. The number of esters is 1. The highest BCUT2D eigenvalue weighted by molar-refractivity contribution is 5.71. The van der Waals surface area contributed by atoms with E-state index < -0.39 is 5.60 Å². The monoisotopic (exact) mass is 271 g/mol. The van der Waals surface area contributed by atoms with Crippen molar-refractivity contribution in [2.45, 2.75) is 25.9 Å². The molecule has 0 radical (unpaired) electrons. The van der Waals surface area contributed by atoms with E-state index in [4.69, 9.17) is 9.47 Å². The molecule has 1 unspecified atom stereocenters. The van der Waals surface area contributed by atoms with Crippen molar-refractivity contribution < 1.29 is 14.3 Å². The predicted octanol–water partition coefficient (Wildman–Crippen LogP) is 3.04. The number of nitrogens with zero attached hydrogens (tertiary/aromatic N) is 1. The third-order valence-electron chi connectivity index (χ3n) is 3.54. The molecule has 0 N–H and O–H groups in total. The van der Waals surface area contributed by atoms with Gasteiger partial charge in [-0.15, -0.1) is 0 Å². The topological polar surface area (TPSA) is 40.5 Å². The zero-order valence-corrected chi connectivity index (χ0v) is 11.6. The summed E-state index contributed by atoms with van der Waals surface area (Å²) in [7, 11) is 0. The van der Waals surface area contributed by atoms with Crippen LogP contribution in [0.15, 0.2) is 42.6 Å². The quantitative estimate of drug-likeness (QED) is 0.806. The number of benzene rings is 1. The molecule has 104 valence electrons. The lowest BCUT2D eigenvalue weighted by molar-refractivity contribution is -0.147. The van der Waals surface area contributed by atoms with E-state index in [2.05, 4.69) is 4.57 Å². The van der Waals surface area contributed by atoms with Crippen LogP contribution in [0.4, 0.5) is 0 Å². The van der Waals surface area contributed by atoms with E-state index in [1.165, 1.54) is 0 Å². The third-order valence-corrected chi connectivity index (χ3v) is 3.54. The highest BCUT2D eigenvalue weighted by Crippen LogP contribution is 2.41. The molecule has 4 heteroatoms. The fraction of sp³-hybridized carbons (Fsp3) is 0.312. The highest BCUT2D eigenvalue weighted by Gasteiger charge is 2.39.